The van der Waals surface area contributed by atoms with Gasteiger partial charge in [0.15, 0.2) is 6.19 Å². The van der Waals surface area contributed by atoms with E-state index in [0.29, 0.717) is 0 Å². The average Bonchev–Trinajstić information content (AvgIpc) is 2.10. The van der Waals surface area contributed by atoms with E-state index in [0.717, 1.165) is 6.20 Å². The minimum atomic E-state index is -1.11. The number of anilines is 1. The van der Waals surface area contributed by atoms with Gasteiger partial charge in [-0.05, 0) is 0 Å². The van der Waals surface area contributed by atoms with Crippen molar-refractivity contribution in [2.24, 2.45) is 0 Å². The third-order valence-electron chi connectivity index (χ3n) is 1.39. The number of H-pyrrole nitrogens is 1. The highest BCUT2D eigenvalue weighted by molar-refractivity contribution is 5.85. The molecule has 0 atom stereocenters. The second kappa shape index (κ2) is 5.62. The zero-order chi connectivity index (χ0) is 10.6. The van der Waals surface area contributed by atoms with E-state index in [4.69, 9.17) is 10.4 Å². The summed E-state index contributed by atoms with van der Waals surface area (Å²) in [5.41, 5.74) is -0.527. The molecule has 0 fully saturated rings. The van der Waals surface area contributed by atoms with Crippen molar-refractivity contribution in [1.82, 2.24) is 9.97 Å². The molecule has 80 valence electrons. The topological polar surface area (TPSA) is 119 Å². The Balaban J connectivity index is 0.00000196. The molecule has 0 bridgehead atoms. The molecule has 0 aliphatic carbocycles. The van der Waals surface area contributed by atoms with Gasteiger partial charge in [0.2, 0.25) is 5.95 Å². The zero-order valence-corrected chi connectivity index (χ0v) is 8.17. The molecule has 0 spiro atoms. The lowest BCUT2D eigenvalue weighted by molar-refractivity contribution is -0.136. The highest BCUT2D eigenvalue weighted by Crippen LogP contribution is 1.94. The molecule has 0 saturated heterocycles. The second-order valence-electron chi connectivity index (χ2n) is 2.39. The van der Waals surface area contributed by atoms with Crippen LogP contribution in [0.15, 0.2) is 11.0 Å². The number of aromatic amines is 1. The first kappa shape index (κ1) is 12.9. The Hall–Kier alpha value is -2.07. The van der Waals surface area contributed by atoms with Gasteiger partial charge in [-0.2, -0.15) is 5.26 Å². The van der Waals surface area contributed by atoms with Gasteiger partial charge >= 0.3 is 5.97 Å². The summed E-state index contributed by atoms with van der Waals surface area (Å²) >= 11 is 0. The Kier molecular flexibility index (Phi) is 4.84. The summed E-state index contributed by atoms with van der Waals surface area (Å²) in [7, 11) is 0. The first-order chi connectivity index (χ1) is 6.63. The van der Waals surface area contributed by atoms with Crippen molar-refractivity contribution in [3.63, 3.8) is 0 Å². The predicted molar refractivity (Wildman–Crippen MR) is 52.7 cm³/mol. The van der Waals surface area contributed by atoms with Crippen LogP contribution in [-0.2, 0) is 11.2 Å². The summed E-state index contributed by atoms with van der Waals surface area (Å²) in [5.74, 6) is -1.12. The predicted octanol–water partition coefficient (Wildman–Crippen LogP) is -0.288. The molecule has 1 aromatic heterocycles. The number of nitriles is 1. The number of hydrogen-bond donors (Lipinski definition) is 3. The molecule has 0 amide bonds. The fraction of sp³-hybridized carbons (Fsp3) is 0.143. The smallest absolute Gasteiger partial charge is 0.308 e. The SMILES string of the molecule is Cl.N#CNc1ncc(CC(=O)O)c(=O)[nH]1. The van der Waals surface area contributed by atoms with Crippen LogP contribution in [0.3, 0.4) is 0 Å². The first-order valence-corrected chi connectivity index (χ1v) is 3.58. The number of rotatable bonds is 3. The van der Waals surface area contributed by atoms with Crippen LogP contribution in [0.5, 0.6) is 0 Å². The highest BCUT2D eigenvalue weighted by atomic mass is 35.5. The van der Waals surface area contributed by atoms with Gasteiger partial charge in [-0.25, -0.2) is 4.98 Å². The van der Waals surface area contributed by atoms with Crippen molar-refractivity contribution in [2.45, 2.75) is 6.42 Å². The van der Waals surface area contributed by atoms with Gasteiger partial charge in [-0.1, -0.05) is 0 Å². The number of carboxylic acids is 1. The van der Waals surface area contributed by atoms with Crippen LogP contribution >= 0.6 is 12.4 Å². The van der Waals surface area contributed by atoms with Crippen molar-refractivity contribution in [3.8, 4) is 6.19 Å². The van der Waals surface area contributed by atoms with E-state index in [1.54, 1.807) is 6.19 Å². The molecule has 8 heteroatoms. The van der Waals surface area contributed by atoms with Gasteiger partial charge in [0.25, 0.3) is 5.56 Å². The maximum absolute atomic E-state index is 11.1. The minimum Gasteiger partial charge on any atom is -0.481 e. The molecule has 7 nitrogen and oxygen atoms in total. The molecule has 1 heterocycles. The molecule has 0 radical (unpaired) electrons. The van der Waals surface area contributed by atoms with Crippen molar-refractivity contribution in [2.75, 3.05) is 5.32 Å². The maximum atomic E-state index is 11.1. The van der Waals surface area contributed by atoms with Gasteiger partial charge < -0.3 is 5.11 Å². The summed E-state index contributed by atoms with van der Waals surface area (Å²) in [6, 6.07) is 0. The van der Waals surface area contributed by atoms with Gasteiger partial charge in [-0.15, -0.1) is 12.4 Å². The minimum absolute atomic E-state index is 0. The van der Waals surface area contributed by atoms with E-state index in [1.807, 2.05) is 0 Å². The van der Waals surface area contributed by atoms with E-state index in [1.165, 1.54) is 0 Å². The number of carbonyl (C=O) groups is 1. The van der Waals surface area contributed by atoms with Crippen LogP contribution in [0.1, 0.15) is 5.56 Å². The Morgan fingerprint density at radius 3 is 2.87 bits per heavy atom. The Labute approximate surface area is 90.2 Å². The fourth-order valence-electron chi connectivity index (χ4n) is 0.827. The number of aromatic nitrogens is 2. The van der Waals surface area contributed by atoms with E-state index in [2.05, 4.69) is 15.3 Å². The Morgan fingerprint density at radius 2 is 2.40 bits per heavy atom. The van der Waals surface area contributed by atoms with Crippen LogP contribution < -0.4 is 10.9 Å². The molecule has 3 N–H and O–H groups in total. The number of halogens is 1. The molecule has 0 saturated carbocycles. The molecular formula is C7H7ClN4O3. The van der Waals surface area contributed by atoms with E-state index in [-0.39, 0.29) is 23.9 Å². The van der Waals surface area contributed by atoms with Crippen LogP contribution in [0.4, 0.5) is 5.95 Å². The maximum Gasteiger partial charge on any atom is 0.308 e. The fourth-order valence-corrected chi connectivity index (χ4v) is 0.827. The van der Waals surface area contributed by atoms with Crippen LogP contribution in [0.2, 0.25) is 0 Å². The van der Waals surface area contributed by atoms with Crippen molar-refractivity contribution < 1.29 is 9.90 Å². The van der Waals surface area contributed by atoms with Crippen molar-refractivity contribution in [1.29, 1.82) is 5.26 Å². The molecule has 15 heavy (non-hydrogen) atoms. The summed E-state index contributed by atoms with van der Waals surface area (Å²) in [4.78, 5) is 27.3. The first-order valence-electron chi connectivity index (χ1n) is 3.58. The van der Waals surface area contributed by atoms with Gasteiger partial charge in [0.05, 0.1) is 6.42 Å². The van der Waals surface area contributed by atoms with Crippen molar-refractivity contribution in [3.05, 3.63) is 22.1 Å². The number of aliphatic carboxylic acids is 1. The monoisotopic (exact) mass is 230 g/mol. The lowest BCUT2D eigenvalue weighted by atomic mass is 10.2. The Morgan fingerprint density at radius 1 is 1.73 bits per heavy atom. The molecule has 0 aliphatic rings. The van der Waals surface area contributed by atoms with Crippen molar-refractivity contribution >= 4 is 24.3 Å². The molecule has 0 aliphatic heterocycles. The number of hydrogen-bond acceptors (Lipinski definition) is 5. The van der Waals surface area contributed by atoms with E-state index < -0.39 is 17.9 Å². The lowest BCUT2D eigenvalue weighted by Crippen LogP contribution is -2.18. The average molecular weight is 231 g/mol. The third kappa shape index (κ3) is 3.66. The number of nitrogens with one attached hydrogen (secondary N) is 2. The molecule has 0 aromatic carbocycles. The summed E-state index contributed by atoms with van der Waals surface area (Å²) < 4.78 is 0. The van der Waals surface area contributed by atoms with Gasteiger partial charge in [0, 0.05) is 11.8 Å². The molecular weight excluding hydrogens is 224 g/mol. The second-order valence-corrected chi connectivity index (χ2v) is 2.39. The molecule has 0 unspecified atom stereocenters. The van der Waals surface area contributed by atoms with E-state index in [9.17, 15) is 9.59 Å². The largest absolute Gasteiger partial charge is 0.481 e. The lowest BCUT2D eigenvalue weighted by Gasteiger charge is -1.97. The molecule has 1 rings (SSSR count). The van der Waals surface area contributed by atoms with Crippen LogP contribution in [-0.4, -0.2) is 21.0 Å². The van der Waals surface area contributed by atoms with E-state index >= 15 is 0 Å². The molecule has 1 aromatic rings. The normalized spacial score (nSPS) is 8.47. The highest BCUT2D eigenvalue weighted by Gasteiger charge is 2.06. The Bertz CT molecular complexity index is 450. The summed E-state index contributed by atoms with van der Waals surface area (Å²) in [5, 5.41) is 18.7. The van der Waals surface area contributed by atoms with Gasteiger partial charge in [-0.3, -0.25) is 19.9 Å². The standard InChI is InChI=1S/C7H6N4O3.ClH/c8-3-10-7-9-2-4(1-5(12)13)6(14)11-7;/h2H,1H2,(H,12,13)(H2,9,10,11,14);1H. The van der Waals surface area contributed by atoms with Crippen LogP contribution in [0, 0.1) is 11.5 Å². The zero-order valence-electron chi connectivity index (χ0n) is 7.35. The van der Waals surface area contributed by atoms with Crippen LogP contribution in [0.25, 0.3) is 0 Å². The van der Waals surface area contributed by atoms with Gasteiger partial charge in [0.1, 0.15) is 0 Å². The number of nitrogens with zero attached hydrogens (tertiary/aromatic N) is 2. The quantitative estimate of drug-likeness (QED) is 0.485. The summed E-state index contributed by atoms with van der Waals surface area (Å²) in [6.07, 6.45) is 2.30. The third-order valence-corrected chi connectivity index (χ3v) is 1.39. The number of carboxylic acid groups (broad SMARTS) is 1. The summed E-state index contributed by atoms with van der Waals surface area (Å²) in [6.45, 7) is 0.